The number of ether oxygens (including phenoxy) is 1. The molecule has 0 saturated carbocycles. The summed E-state index contributed by atoms with van der Waals surface area (Å²) >= 11 is 0. The van der Waals surface area contributed by atoms with E-state index in [0.29, 0.717) is 25.0 Å². The molecule has 5 nitrogen and oxygen atoms in total. The molecule has 0 aromatic heterocycles. The quantitative estimate of drug-likeness (QED) is 0.376. The monoisotopic (exact) mass is 449 g/mol. The topological polar surface area (TPSA) is 63.7 Å². The van der Waals surface area contributed by atoms with Gasteiger partial charge in [0.05, 0.1) is 11.5 Å². The zero-order valence-corrected chi connectivity index (χ0v) is 19.5. The van der Waals surface area contributed by atoms with E-state index in [9.17, 15) is 17.6 Å². The third kappa shape index (κ3) is 7.43. The van der Waals surface area contributed by atoms with Crippen LogP contribution in [0, 0.1) is 5.82 Å². The SMILES string of the molecule is CCOC(=O)CCCCN(Cc1ccc(F)cc1)S(=O)(=O)c1ccc(C(C)(C)C)cc1. The Morgan fingerprint density at radius 2 is 1.61 bits per heavy atom. The second kappa shape index (κ2) is 10.9. The molecule has 0 fully saturated rings. The van der Waals surface area contributed by atoms with Gasteiger partial charge >= 0.3 is 5.97 Å². The van der Waals surface area contributed by atoms with Gasteiger partial charge < -0.3 is 4.74 Å². The molecule has 0 saturated heterocycles. The van der Waals surface area contributed by atoms with E-state index >= 15 is 0 Å². The number of hydrogen-bond acceptors (Lipinski definition) is 4. The van der Waals surface area contributed by atoms with Crippen molar-refractivity contribution in [2.75, 3.05) is 13.2 Å². The van der Waals surface area contributed by atoms with Crippen LogP contribution in [-0.4, -0.2) is 31.8 Å². The Morgan fingerprint density at radius 1 is 1.00 bits per heavy atom. The van der Waals surface area contributed by atoms with Gasteiger partial charge in [0.1, 0.15) is 5.82 Å². The Kier molecular flexibility index (Phi) is 8.77. The van der Waals surface area contributed by atoms with Crippen LogP contribution in [0.1, 0.15) is 58.1 Å². The third-order valence-corrected chi connectivity index (χ3v) is 6.83. The van der Waals surface area contributed by atoms with Crippen molar-refractivity contribution in [2.45, 2.75) is 63.8 Å². The summed E-state index contributed by atoms with van der Waals surface area (Å²) in [6, 6.07) is 12.7. The fourth-order valence-corrected chi connectivity index (χ4v) is 4.61. The number of esters is 1. The molecule has 0 radical (unpaired) electrons. The van der Waals surface area contributed by atoms with Crippen LogP contribution >= 0.6 is 0 Å². The molecule has 170 valence electrons. The van der Waals surface area contributed by atoms with E-state index in [4.69, 9.17) is 4.74 Å². The smallest absolute Gasteiger partial charge is 0.305 e. The number of sulfonamides is 1. The highest BCUT2D eigenvalue weighted by molar-refractivity contribution is 7.89. The van der Waals surface area contributed by atoms with Crippen LogP contribution in [0.5, 0.6) is 0 Å². The van der Waals surface area contributed by atoms with Crippen molar-refractivity contribution in [3.05, 3.63) is 65.5 Å². The largest absolute Gasteiger partial charge is 0.466 e. The predicted octanol–water partition coefficient (Wildman–Crippen LogP) is 5.05. The summed E-state index contributed by atoms with van der Waals surface area (Å²) in [5, 5.41) is 0. The molecule has 0 aliphatic heterocycles. The number of rotatable bonds is 10. The first-order valence-electron chi connectivity index (χ1n) is 10.5. The molecule has 0 aliphatic rings. The lowest BCUT2D eigenvalue weighted by Gasteiger charge is -2.24. The van der Waals surface area contributed by atoms with Crippen LogP contribution in [0.4, 0.5) is 4.39 Å². The van der Waals surface area contributed by atoms with E-state index in [0.717, 1.165) is 5.56 Å². The van der Waals surface area contributed by atoms with E-state index in [2.05, 4.69) is 20.8 Å². The lowest BCUT2D eigenvalue weighted by atomic mass is 9.87. The van der Waals surface area contributed by atoms with Gasteiger partial charge in [-0.2, -0.15) is 4.31 Å². The summed E-state index contributed by atoms with van der Waals surface area (Å²) in [5.74, 6) is -0.654. The molecule has 0 N–H and O–H groups in total. The maximum absolute atomic E-state index is 13.4. The molecule has 0 heterocycles. The van der Waals surface area contributed by atoms with Crippen molar-refractivity contribution in [1.29, 1.82) is 0 Å². The van der Waals surface area contributed by atoms with Crippen LogP contribution in [-0.2, 0) is 31.5 Å². The molecule has 2 aromatic carbocycles. The minimum atomic E-state index is -3.76. The van der Waals surface area contributed by atoms with Gasteiger partial charge in [0.2, 0.25) is 10.0 Å². The number of hydrogen-bond donors (Lipinski definition) is 0. The lowest BCUT2D eigenvalue weighted by Crippen LogP contribution is -2.32. The van der Waals surface area contributed by atoms with Crippen molar-refractivity contribution >= 4 is 16.0 Å². The molecule has 0 bridgehead atoms. The van der Waals surface area contributed by atoms with Crippen molar-refractivity contribution in [3.63, 3.8) is 0 Å². The van der Waals surface area contributed by atoms with Crippen molar-refractivity contribution < 1.29 is 22.3 Å². The second-order valence-corrected chi connectivity index (χ2v) is 10.4. The number of carbonyl (C=O) groups is 1. The van der Waals surface area contributed by atoms with Gasteiger partial charge in [-0.25, -0.2) is 12.8 Å². The van der Waals surface area contributed by atoms with Crippen molar-refractivity contribution in [1.82, 2.24) is 4.31 Å². The number of benzene rings is 2. The highest BCUT2D eigenvalue weighted by atomic mass is 32.2. The number of unbranched alkanes of at least 4 members (excludes halogenated alkanes) is 1. The van der Waals surface area contributed by atoms with Crippen molar-refractivity contribution in [3.8, 4) is 0 Å². The van der Waals surface area contributed by atoms with Gasteiger partial charge in [0, 0.05) is 19.5 Å². The van der Waals surface area contributed by atoms with Gasteiger partial charge in [-0.1, -0.05) is 45.0 Å². The van der Waals surface area contributed by atoms with E-state index in [-0.39, 0.29) is 41.6 Å². The Hall–Kier alpha value is -2.25. The average molecular weight is 450 g/mol. The van der Waals surface area contributed by atoms with Crippen LogP contribution < -0.4 is 0 Å². The first-order valence-corrected chi connectivity index (χ1v) is 12.0. The fourth-order valence-electron chi connectivity index (χ4n) is 3.14. The minimum Gasteiger partial charge on any atom is -0.466 e. The summed E-state index contributed by atoms with van der Waals surface area (Å²) in [5.41, 5.74) is 1.66. The zero-order chi connectivity index (χ0) is 23.1. The Bertz CT molecular complexity index is 949. The van der Waals surface area contributed by atoms with E-state index in [1.807, 2.05) is 12.1 Å². The van der Waals surface area contributed by atoms with Gasteiger partial charge in [-0.3, -0.25) is 4.79 Å². The summed E-state index contributed by atoms with van der Waals surface area (Å²) in [6.07, 6.45) is 1.29. The average Bonchev–Trinajstić information content (AvgIpc) is 2.71. The molecule has 0 amide bonds. The standard InChI is InChI=1S/C24H32FNO4S/c1-5-30-23(27)8-6-7-17-26(18-19-9-13-21(25)14-10-19)31(28,29)22-15-11-20(12-16-22)24(2,3)4/h9-16H,5-8,17-18H2,1-4H3. The van der Waals surface area contributed by atoms with Gasteiger partial charge in [-0.05, 0) is 60.6 Å². The molecule has 7 heteroatoms. The van der Waals surface area contributed by atoms with Crippen LogP contribution in [0.3, 0.4) is 0 Å². The van der Waals surface area contributed by atoms with Gasteiger partial charge in [-0.15, -0.1) is 0 Å². The Morgan fingerprint density at radius 3 is 2.16 bits per heavy atom. The normalized spacial score (nSPS) is 12.2. The summed E-state index contributed by atoms with van der Waals surface area (Å²) in [4.78, 5) is 11.8. The van der Waals surface area contributed by atoms with Crippen molar-refractivity contribution in [2.24, 2.45) is 0 Å². The van der Waals surface area contributed by atoms with Gasteiger partial charge in [0.25, 0.3) is 0 Å². The molecule has 0 atom stereocenters. The van der Waals surface area contributed by atoms with Crippen LogP contribution in [0.25, 0.3) is 0 Å². The highest BCUT2D eigenvalue weighted by Gasteiger charge is 2.25. The maximum Gasteiger partial charge on any atom is 0.305 e. The predicted molar refractivity (Wildman–Crippen MR) is 120 cm³/mol. The highest BCUT2D eigenvalue weighted by Crippen LogP contribution is 2.25. The summed E-state index contributed by atoms with van der Waals surface area (Å²) in [6.45, 7) is 8.67. The molecule has 0 spiro atoms. The molecule has 2 rings (SSSR count). The molecule has 0 unspecified atom stereocenters. The Labute approximate surface area is 185 Å². The first kappa shape index (κ1) is 25.0. The number of halogens is 1. The summed E-state index contributed by atoms with van der Waals surface area (Å²) < 4.78 is 46.3. The molecule has 31 heavy (non-hydrogen) atoms. The number of nitrogens with zero attached hydrogens (tertiary/aromatic N) is 1. The minimum absolute atomic E-state index is 0.0802. The van der Waals surface area contributed by atoms with E-state index < -0.39 is 10.0 Å². The maximum atomic E-state index is 13.4. The van der Waals surface area contributed by atoms with Gasteiger partial charge in [0.15, 0.2) is 0 Å². The molecule has 2 aromatic rings. The molecular weight excluding hydrogens is 417 g/mol. The third-order valence-electron chi connectivity index (χ3n) is 4.97. The summed E-state index contributed by atoms with van der Waals surface area (Å²) in [7, 11) is -3.76. The lowest BCUT2D eigenvalue weighted by molar-refractivity contribution is -0.143. The zero-order valence-electron chi connectivity index (χ0n) is 18.7. The second-order valence-electron chi connectivity index (χ2n) is 8.50. The number of carbonyl (C=O) groups excluding carboxylic acids is 1. The van der Waals surface area contributed by atoms with Crippen LogP contribution in [0.2, 0.25) is 0 Å². The van der Waals surface area contributed by atoms with E-state index in [1.165, 1.54) is 16.4 Å². The van der Waals surface area contributed by atoms with Crippen LogP contribution in [0.15, 0.2) is 53.4 Å². The van der Waals surface area contributed by atoms with E-state index in [1.54, 1.807) is 31.2 Å². The Balaban J connectivity index is 2.20. The first-order chi connectivity index (χ1) is 14.5. The fraction of sp³-hybridized carbons (Fsp3) is 0.458. The molecule has 0 aliphatic carbocycles. The molecular formula is C24H32FNO4S.